The fourth-order valence-corrected chi connectivity index (χ4v) is 1.09. The monoisotopic (exact) mass is 183 g/mol. The van der Waals surface area contributed by atoms with Crippen molar-refractivity contribution >= 4 is 7.82 Å². The SMILES string of the molecule is CCCCC(N)OP(=O)(O)O. The minimum atomic E-state index is -4.39. The molecule has 0 aliphatic rings. The van der Waals surface area contributed by atoms with Crippen LogP contribution in [0.3, 0.4) is 0 Å². The highest BCUT2D eigenvalue weighted by Crippen LogP contribution is 2.37. The summed E-state index contributed by atoms with van der Waals surface area (Å²) >= 11 is 0. The van der Waals surface area contributed by atoms with Crippen LogP contribution in [0.5, 0.6) is 0 Å². The molecule has 4 N–H and O–H groups in total. The number of phosphoric ester groups is 1. The van der Waals surface area contributed by atoms with E-state index in [1.165, 1.54) is 0 Å². The lowest BCUT2D eigenvalue weighted by molar-refractivity contribution is 0.129. The topological polar surface area (TPSA) is 92.8 Å². The Labute approximate surface area is 65.8 Å². The van der Waals surface area contributed by atoms with Crippen LogP contribution in [0.4, 0.5) is 0 Å². The van der Waals surface area contributed by atoms with E-state index >= 15 is 0 Å². The van der Waals surface area contributed by atoms with Gasteiger partial charge >= 0.3 is 7.82 Å². The first-order valence-corrected chi connectivity index (χ1v) is 4.98. The molecule has 0 saturated heterocycles. The predicted molar refractivity (Wildman–Crippen MR) is 40.6 cm³/mol. The molecule has 5 nitrogen and oxygen atoms in total. The van der Waals surface area contributed by atoms with E-state index in [4.69, 9.17) is 15.5 Å². The second-order valence-corrected chi connectivity index (χ2v) is 3.47. The molecule has 0 aromatic heterocycles. The van der Waals surface area contributed by atoms with E-state index in [1.807, 2.05) is 6.92 Å². The van der Waals surface area contributed by atoms with Crippen LogP contribution in [0.25, 0.3) is 0 Å². The Morgan fingerprint density at radius 2 is 2.18 bits per heavy atom. The van der Waals surface area contributed by atoms with Crippen molar-refractivity contribution in [2.75, 3.05) is 0 Å². The number of unbranched alkanes of at least 4 members (excludes halogenated alkanes) is 1. The van der Waals surface area contributed by atoms with Crippen LogP contribution in [0.1, 0.15) is 26.2 Å². The van der Waals surface area contributed by atoms with Crippen molar-refractivity contribution in [1.82, 2.24) is 0 Å². The molecule has 0 aliphatic heterocycles. The molecule has 0 amide bonds. The zero-order valence-electron chi connectivity index (χ0n) is 6.43. The zero-order chi connectivity index (χ0) is 8.91. The van der Waals surface area contributed by atoms with Crippen LogP contribution in [0.2, 0.25) is 0 Å². The number of hydrogen-bond donors (Lipinski definition) is 3. The van der Waals surface area contributed by atoms with E-state index in [1.54, 1.807) is 0 Å². The normalized spacial score (nSPS) is 14.9. The van der Waals surface area contributed by atoms with Crippen LogP contribution >= 0.6 is 7.82 Å². The molecule has 0 spiro atoms. The Morgan fingerprint density at radius 3 is 2.55 bits per heavy atom. The first-order valence-electron chi connectivity index (χ1n) is 3.45. The molecule has 0 rings (SSSR count). The van der Waals surface area contributed by atoms with Crippen LogP contribution in [0.15, 0.2) is 0 Å². The Balaban J connectivity index is 3.52. The number of hydrogen-bond acceptors (Lipinski definition) is 3. The van der Waals surface area contributed by atoms with Crippen molar-refractivity contribution in [3.8, 4) is 0 Å². The van der Waals surface area contributed by atoms with E-state index in [9.17, 15) is 4.57 Å². The minimum Gasteiger partial charge on any atom is -0.306 e. The summed E-state index contributed by atoms with van der Waals surface area (Å²) < 4.78 is 14.4. The number of phosphoric acid groups is 1. The van der Waals surface area contributed by atoms with Gasteiger partial charge in [-0.25, -0.2) is 4.57 Å². The summed E-state index contributed by atoms with van der Waals surface area (Å²) in [7, 11) is -4.39. The standard InChI is InChI=1S/C5H14NO4P/c1-2-3-4-5(6)10-11(7,8)9/h5H,2-4,6H2,1H3,(H2,7,8,9). The average molecular weight is 183 g/mol. The maximum atomic E-state index is 10.2. The van der Waals surface area contributed by atoms with Gasteiger partial charge in [-0.2, -0.15) is 0 Å². The highest BCUT2D eigenvalue weighted by Gasteiger charge is 2.18. The molecule has 1 unspecified atom stereocenters. The van der Waals surface area contributed by atoms with Crippen LogP contribution in [-0.4, -0.2) is 16.0 Å². The molecule has 0 heterocycles. The van der Waals surface area contributed by atoms with Crippen molar-refractivity contribution in [3.05, 3.63) is 0 Å². The van der Waals surface area contributed by atoms with Crippen LogP contribution in [-0.2, 0) is 9.09 Å². The summed E-state index contributed by atoms with van der Waals surface area (Å²) in [5.74, 6) is 0. The summed E-state index contributed by atoms with van der Waals surface area (Å²) in [5, 5.41) is 0. The lowest BCUT2D eigenvalue weighted by atomic mass is 10.2. The van der Waals surface area contributed by atoms with Gasteiger partial charge in [0.2, 0.25) is 0 Å². The summed E-state index contributed by atoms with van der Waals surface area (Å²) in [6, 6.07) is 0. The van der Waals surface area contributed by atoms with E-state index in [-0.39, 0.29) is 0 Å². The van der Waals surface area contributed by atoms with Gasteiger partial charge in [-0.1, -0.05) is 13.3 Å². The Morgan fingerprint density at radius 1 is 1.64 bits per heavy atom. The van der Waals surface area contributed by atoms with Crippen molar-refractivity contribution in [2.45, 2.75) is 32.4 Å². The maximum absolute atomic E-state index is 10.2. The van der Waals surface area contributed by atoms with Gasteiger partial charge in [0.05, 0.1) is 0 Å². The van der Waals surface area contributed by atoms with Gasteiger partial charge < -0.3 is 15.5 Å². The molecule has 0 saturated carbocycles. The first kappa shape index (κ1) is 11.1. The average Bonchev–Trinajstić information content (AvgIpc) is 1.79. The molecule has 0 aromatic rings. The highest BCUT2D eigenvalue weighted by molar-refractivity contribution is 7.46. The lowest BCUT2D eigenvalue weighted by Gasteiger charge is -2.12. The van der Waals surface area contributed by atoms with E-state index in [2.05, 4.69) is 4.52 Å². The Bertz CT molecular complexity index is 145. The molecule has 0 fully saturated rings. The van der Waals surface area contributed by atoms with E-state index in [0.29, 0.717) is 6.42 Å². The summed E-state index contributed by atoms with van der Waals surface area (Å²) in [5.41, 5.74) is 5.23. The maximum Gasteiger partial charge on any atom is 0.471 e. The molecule has 68 valence electrons. The van der Waals surface area contributed by atoms with Crippen LogP contribution < -0.4 is 5.73 Å². The second-order valence-electron chi connectivity index (χ2n) is 2.28. The van der Waals surface area contributed by atoms with Gasteiger partial charge in [0.15, 0.2) is 0 Å². The molecular formula is C5H14NO4P. The van der Waals surface area contributed by atoms with Gasteiger partial charge in [-0.3, -0.25) is 4.52 Å². The summed E-state index contributed by atoms with van der Waals surface area (Å²) in [4.78, 5) is 16.6. The van der Waals surface area contributed by atoms with Gasteiger partial charge in [0.25, 0.3) is 0 Å². The quantitative estimate of drug-likeness (QED) is 0.428. The molecule has 11 heavy (non-hydrogen) atoms. The Hall–Kier alpha value is 0.0700. The van der Waals surface area contributed by atoms with E-state index in [0.717, 1.165) is 12.8 Å². The summed E-state index contributed by atoms with van der Waals surface area (Å²) in [6.45, 7) is 1.96. The molecule has 0 aliphatic carbocycles. The van der Waals surface area contributed by atoms with Crippen molar-refractivity contribution in [2.24, 2.45) is 5.73 Å². The van der Waals surface area contributed by atoms with Gasteiger partial charge in [0, 0.05) is 0 Å². The first-order chi connectivity index (χ1) is 4.95. The lowest BCUT2D eigenvalue weighted by Crippen LogP contribution is -2.22. The minimum absolute atomic E-state index is 0.474. The van der Waals surface area contributed by atoms with Crippen molar-refractivity contribution in [1.29, 1.82) is 0 Å². The number of nitrogens with two attached hydrogens (primary N) is 1. The van der Waals surface area contributed by atoms with E-state index < -0.39 is 14.1 Å². The largest absolute Gasteiger partial charge is 0.471 e. The highest BCUT2D eigenvalue weighted by atomic mass is 31.2. The predicted octanol–water partition coefficient (Wildman–Crippen LogP) is 0.571. The fourth-order valence-electron chi connectivity index (χ4n) is 0.634. The van der Waals surface area contributed by atoms with Gasteiger partial charge in [0.1, 0.15) is 6.23 Å². The van der Waals surface area contributed by atoms with Crippen LogP contribution in [0, 0.1) is 0 Å². The van der Waals surface area contributed by atoms with Gasteiger partial charge in [-0.05, 0) is 12.8 Å². The molecule has 0 radical (unpaired) electrons. The smallest absolute Gasteiger partial charge is 0.306 e. The third-order valence-corrected chi connectivity index (χ3v) is 1.66. The third-order valence-electron chi connectivity index (χ3n) is 1.11. The summed E-state index contributed by atoms with van der Waals surface area (Å²) in [6.07, 6.45) is 1.36. The number of rotatable bonds is 5. The second kappa shape index (κ2) is 4.85. The molecule has 0 bridgehead atoms. The zero-order valence-corrected chi connectivity index (χ0v) is 7.33. The van der Waals surface area contributed by atoms with Gasteiger partial charge in [-0.15, -0.1) is 0 Å². The molecular weight excluding hydrogens is 169 g/mol. The molecule has 0 aromatic carbocycles. The van der Waals surface area contributed by atoms with Crippen molar-refractivity contribution in [3.63, 3.8) is 0 Å². The Kier molecular flexibility index (Phi) is 4.88. The molecule has 6 heteroatoms. The van der Waals surface area contributed by atoms with Crippen molar-refractivity contribution < 1.29 is 18.9 Å². The fraction of sp³-hybridized carbons (Fsp3) is 1.00. The molecule has 1 atom stereocenters. The third kappa shape index (κ3) is 7.97.